The Hall–Kier alpha value is -2.76. The van der Waals surface area contributed by atoms with Gasteiger partial charge in [-0.15, -0.1) is 0 Å². The van der Waals surface area contributed by atoms with Crippen molar-refractivity contribution in [2.75, 3.05) is 20.0 Å². The van der Waals surface area contributed by atoms with Crippen LogP contribution in [0.15, 0.2) is 30.6 Å². The number of nitrogens with zero attached hydrogens (tertiary/aromatic N) is 2. The maximum absolute atomic E-state index is 5.86. The largest absolute Gasteiger partial charge is 0.496 e. The van der Waals surface area contributed by atoms with Crippen LogP contribution in [0.25, 0.3) is 22.3 Å². The summed E-state index contributed by atoms with van der Waals surface area (Å²) < 4.78 is 10.8. The van der Waals surface area contributed by atoms with Crippen LogP contribution in [0.2, 0.25) is 0 Å². The molecule has 2 heterocycles. The number of methoxy groups -OCH3 is 2. The Bertz CT molecular complexity index is 745. The second-order valence-electron chi connectivity index (χ2n) is 4.24. The van der Waals surface area contributed by atoms with Crippen LogP contribution in [0.5, 0.6) is 11.5 Å². The van der Waals surface area contributed by atoms with Crippen LogP contribution < -0.4 is 15.2 Å². The Morgan fingerprint density at radius 1 is 1.10 bits per heavy atom. The van der Waals surface area contributed by atoms with Gasteiger partial charge in [-0.1, -0.05) is 6.07 Å². The van der Waals surface area contributed by atoms with Gasteiger partial charge in [0.05, 0.1) is 30.9 Å². The first-order chi connectivity index (χ1) is 9.74. The van der Waals surface area contributed by atoms with Crippen LogP contribution in [-0.2, 0) is 0 Å². The van der Waals surface area contributed by atoms with Crippen LogP contribution in [0.4, 0.5) is 5.82 Å². The van der Waals surface area contributed by atoms with E-state index in [9.17, 15) is 0 Å². The molecular formula is C14H14N4O2. The van der Waals surface area contributed by atoms with Gasteiger partial charge in [-0.25, -0.2) is 9.97 Å². The lowest BCUT2D eigenvalue weighted by Crippen LogP contribution is -1.92. The van der Waals surface area contributed by atoms with E-state index < -0.39 is 0 Å². The van der Waals surface area contributed by atoms with Crippen molar-refractivity contribution in [3.63, 3.8) is 0 Å². The van der Waals surface area contributed by atoms with Crippen molar-refractivity contribution in [3.05, 3.63) is 30.6 Å². The van der Waals surface area contributed by atoms with E-state index in [2.05, 4.69) is 15.0 Å². The number of hydrogen-bond acceptors (Lipinski definition) is 5. The predicted octanol–water partition coefficient (Wildman–Crippen LogP) is 2.22. The average molecular weight is 270 g/mol. The summed E-state index contributed by atoms with van der Waals surface area (Å²) >= 11 is 0. The minimum atomic E-state index is 0.436. The Kier molecular flexibility index (Phi) is 2.90. The van der Waals surface area contributed by atoms with Crippen molar-refractivity contribution in [3.8, 4) is 22.8 Å². The van der Waals surface area contributed by atoms with Gasteiger partial charge in [0.25, 0.3) is 0 Å². The lowest BCUT2D eigenvalue weighted by atomic mass is 10.1. The molecule has 0 aliphatic carbocycles. The van der Waals surface area contributed by atoms with E-state index in [1.54, 1.807) is 14.2 Å². The van der Waals surface area contributed by atoms with Gasteiger partial charge in [-0.05, 0) is 18.2 Å². The maximum atomic E-state index is 5.86. The quantitative estimate of drug-likeness (QED) is 0.762. The molecule has 20 heavy (non-hydrogen) atoms. The maximum Gasteiger partial charge on any atom is 0.143 e. The number of hydrogen-bond donors (Lipinski definition) is 2. The summed E-state index contributed by atoms with van der Waals surface area (Å²) in [4.78, 5) is 11.4. The zero-order valence-electron chi connectivity index (χ0n) is 11.2. The Labute approximate surface area is 115 Å². The summed E-state index contributed by atoms with van der Waals surface area (Å²) in [6.07, 6.45) is 1.43. The van der Waals surface area contributed by atoms with Gasteiger partial charge >= 0.3 is 0 Å². The number of rotatable bonds is 3. The summed E-state index contributed by atoms with van der Waals surface area (Å²) in [5.74, 6) is 1.86. The Morgan fingerprint density at radius 3 is 2.40 bits per heavy atom. The van der Waals surface area contributed by atoms with Crippen LogP contribution in [0.1, 0.15) is 0 Å². The highest BCUT2D eigenvalue weighted by atomic mass is 16.5. The van der Waals surface area contributed by atoms with Crippen molar-refractivity contribution in [2.24, 2.45) is 0 Å². The number of aromatic nitrogens is 3. The summed E-state index contributed by atoms with van der Waals surface area (Å²) in [6.45, 7) is 0. The molecule has 0 saturated heterocycles. The first kappa shape index (κ1) is 12.3. The van der Waals surface area contributed by atoms with Gasteiger partial charge in [0.15, 0.2) is 0 Å². The summed E-state index contributed by atoms with van der Waals surface area (Å²) in [6, 6.07) is 7.51. The number of ether oxygens (including phenoxy) is 2. The summed E-state index contributed by atoms with van der Waals surface area (Å²) in [7, 11) is 3.24. The highest BCUT2D eigenvalue weighted by molar-refractivity contribution is 5.92. The molecule has 3 N–H and O–H groups in total. The van der Waals surface area contributed by atoms with Gasteiger partial charge in [0.2, 0.25) is 0 Å². The third-order valence-electron chi connectivity index (χ3n) is 3.15. The second kappa shape index (κ2) is 4.73. The van der Waals surface area contributed by atoms with Crippen molar-refractivity contribution in [2.45, 2.75) is 0 Å². The Balaban J connectivity index is 2.27. The van der Waals surface area contributed by atoms with E-state index >= 15 is 0 Å². The topological polar surface area (TPSA) is 86.1 Å². The van der Waals surface area contributed by atoms with E-state index in [1.165, 1.54) is 6.33 Å². The SMILES string of the molecule is COc1cccc(OC)c1-c1cc2c(N)ncnc2[nH]1. The molecule has 0 bridgehead atoms. The van der Waals surface area contributed by atoms with E-state index in [4.69, 9.17) is 15.2 Å². The highest BCUT2D eigenvalue weighted by Gasteiger charge is 2.15. The summed E-state index contributed by atoms with van der Waals surface area (Å²) in [5, 5.41) is 0.774. The monoisotopic (exact) mass is 270 g/mol. The van der Waals surface area contributed by atoms with Crippen LogP contribution in [-0.4, -0.2) is 29.2 Å². The number of anilines is 1. The van der Waals surface area contributed by atoms with Crippen LogP contribution in [0, 0.1) is 0 Å². The molecule has 0 spiro atoms. The average Bonchev–Trinajstić information content (AvgIpc) is 2.91. The molecule has 0 unspecified atom stereocenters. The molecule has 0 aliphatic rings. The van der Waals surface area contributed by atoms with Gasteiger partial charge in [0.1, 0.15) is 29.3 Å². The Morgan fingerprint density at radius 2 is 1.80 bits per heavy atom. The fourth-order valence-electron chi connectivity index (χ4n) is 2.21. The third-order valence-corrected chi connectivity index (χ3v) is 3.15. The van der Waals surface area contributed by atoms with Crippen molar-refractivity contribution < 1.29 is 9.47 Å². The van der Waals surface area contributed by atoms with E-state index in [0.29, 0.717) is 23.0 Å². The lowest BCUT2D eigenvalue weighted by molar-refractivity contribution is 0.397. The molecule has 3 aromatic rings. The molecule has 102 valence electrons. The second-order valence-corrected chi connectivity index (χ2v) is 4.24. The van der Waals surface area contributed by atoms with Crippen molar-refractivity contribution in [1.29, 1.82) is 0 Å². The van der Waals surface area contributed by atoms with Gasteiger partial charge in [-0.2, -0.15) is 0 Å². The number of nitrogen functional groups attached to an aromatic ring is 1. The number of aromatic amines is 1. The van der Waals surface area contributed by atoms with E-state index in [0.717, 1.165) is 16.6 Å². The molecule has 2 aromatic heterocycles. The molecule has 0 atom stereocenters. The molecule has 0 fully saturated rings. The molecule has 0 aliphatic heterocycles. The van der Waals surface area contributed by atoms with Crippen LogP contribution >= 0.6 is 0 Å². The lowest BCUT2D eigenvalue weighted by Gasteiger charge is -2.11. The molecular weight excluding hydrogens is 256 g/mol. The molecule has 0 amide bonds. The van der Waals surface area contributed by atoms with Crippen LogP contribution in [0.3, 0.4) is 0 Å². The highest BCUT2D eigenvalue weighted by Crippen LogP contribution is 2.39. The molecule has 1 aromatic carbocycles. The van der Waals surface area contributed by atoms with E-state index in [1.807, 2.05) is 24.3 Å². The first-order valence-electron chi connectivity index (χ1n) is 6.05. The zero-order valence-corrected chi connectivity index (χ0v) is 11.2. The molecule has 6 nitrogen and oxygen atoms in total. The normalized spacial score (nSPS) is 10.7. The number of benzene rings is 1. The van der Waals surface area contributed by atoms with Gasteiger partial charge in [-0.3, -0.25) is 0 Å². The molecule has 3 rings (SSSR count). The standard InChI is InChI=1S/C14H14N4O2/c1-19-10-4-3-5-11(20-2)12(10)9-6-8-13(15)16-7-17-14(8)18-9/h3-7H,1-2H3,(H3,15,16,17,18). The molecule has 0 radical (unpaired) electrons. The van der Waals surface area contributed by atoms with Gasteiger partial charge in [0, 0.05) is 0 Å². The smallest absolute Gasteiger partial charge is 0.143 e. The fraction of sp³-hybridized carbons (Fsp3) is 0.143. The number of nitrogens with one attached hydrogen (secondary N) is 1. The minimum Gasteiger partial charge on any atom is -0.496 e. The number of fused-ring (bicyclic) bond motifs is 1. The molecule has 6 heteroatoms. The van der Waals surface area contributed by atoms with Crippen molar-refractivity contribution in [1.82, 2.24) is 15.0 Å². The predicted molar refractivity (Wildman–Crippen MR) is 76.8 cm³/mol. The molecule has 0 saturated carbocycles. The van der Waals surface area contributed by atoms with Crippen molar-refractivity contribution >= 4 is 16.9 Å². The number of nitrogens with two attached hydrogens (primary N) is 1. The van der Waals surface area contributed by atoms with E-state index in [-0.39, 0.29) is 0 Å². The fourth-order valence-corrected chi connectivity index (χ4v) is 2.21. The zero-order chi connectivity index (χ0) is 14.1. The summed E-state index contributed by atoms with van der Waals surface area (Å²) in [5.41, 5.74) is 8.19. The minimum absolute atomic E-state index is 0.436. The third kappa shape index (κ3) is 1.82. The number of H-pyrrole nitrogens is 1. The first-order valence-corrected chi connectivity index (χ1v) is 6.05. The van der Waals surface area contributed by atoms with Gasteiger partial charge < -0.3 is 20.2 Å².